The molecule has 1 aliphatic carbocycles. The van der Waals surface area contributed by atoms with E-state index < -0.39 is 12.1 Å². The Morgan fingerprint density at radius 2 is 1.45 bits per heavy atom. The maximum absolute atomic E-state index is 12.4. The fraction of sp³-hybridized carbons (Fsp3) is 0.0909. The fourth-order valence-corrected chi connectivity index (χ4v) is 4.94. The summed E-state index contributed by atoms with van der Waals surface area (Å²) in [6.45, 7) is 0.197. The minimum Gasteiger partial charge on any atom is -0.478 e. The quantitative estimate of drug-likeness (QED) is 0.428. The highest BCUT2D eigenvalue weighted by Crippen LogP contribution is 2.44. The van der Waals surface area contributed by atoms with Crippen molar-refractivity contribution in [3.05, 3.63) is 86.3 Å². The Balaban J connectivity index is 1.51. The predicted octanol–water partition coefficient (Wildman–Crippen LogP) is 6.27. The average Bonchev–Trinajstić information content (AvgIpc) is 3.03. The Kier molecular flexibility index (Phi) is 5.43. The zero-order chi connectivity index (χ0) is 20.5. The Labute approximate surface area is 184 Å². The van der Waals surface area contributed by atoms with Crippen molar-refractivity contribution in [1.82, 2.24) is 0 Å². The zero-order valence-electron chi connectivity index (χ0n) is 15.0. The van der Waals surface area contributed by atoms with Crippen molar-refractivity contribution in [2.24, 2.45) is 0 Å². The van der Waals surface area contributed by atoms with Crippen molar-refractivity contribution in [2.45, 2.75) is 5.92 Å². The van der Waals surface area contributed by atoms with Gasteiger partial charge in [-0.2, -0.15) is 0 Å². The van der Waals surface area contributed by atoms with Crippen molar-refractivity contribution in [3.8, 4) is 11.1 Å². The number of nitrogens with one attached hydrogen (secondary N) is 1. The van der Waals surface area contributed by atoms with E-state index in [4.69, 9.17) is 9.84 Å². The van der Waals surface area contributed by atoms with Gasteiger partial charge in [0, 0.05) is 14.9 Å². The highest BCUT2D eigenvalue weighted by atomic mass is 79.9. The van der Waals surface area contributed by atoms with Crippen LogP contribution in [0.15, 0.2) is 69.6 Å². The van der Waals surface area contributed by atoms with Gasteiger partial charge in [-0.3, -0.25) is 5.32 Å². The molecule has 1 amide bonds. The van der Waals surface area contributed by atoms with Gasteiger partial charge in [0.2, 0.25) is 0 Å². The van der Waals surface area contributed by atoms with Crippen LogP contribution < -0.4 is 5.32 Å². The molecule has 3 aromatic rings. The van der Waals surface area contributed by atoms with Gasteiger partial charge in [-0.05, 0) is 66.2 Å². The number of halogens is 2. The summed E-state index contributed by atoms with van der Waals surface area (Å²) in [5.41, 5.74) is 5.09. The first-order valence-electron chi connectivity index (χ1n) is 8.80. The van der Waals surface area contributed by atoms with Crippen molar-refractivity contribution in [2.75, 3.05) is 11.9 Å². The van der Waals surface area contributed by atoms with E-state index in [0.29, 0.717) is 14.6 Å². The van der Waals surface area contributed by atoms with Gasteiger partial charge in [0.1, 0.15) is 6.61 Å². The molecule has 0 atom stereocenters. The van der Waals surface area contributed by atoms with Crippen LogP contribution in [0.2, 0.25) is 0 Å². The zero-order valence-corrected chi connectivity index (χ0v) is 18.2. The summed E-state index contributed by atoms with van der Waals surface area (Å²) < 4.78 is 6.41. The van der Waals surface area contributed by atoms with Gasteiger partial charge in [-0.15, -0.1) is 0 Å². The van der Waals surface area contributed by atoms with Gasteiger partial charge in [-0.25, -0.2) is 9.59 Å². The van der Waals surface area contributed by atoms with E-state index in [1.165, 1.54) is 12.1 Å². The Morgan fingerprint density at radius 1 is 0.931 bits per heavy atom. The maximum atomic E-state index is 12.4. The highest BCUT2D eigenvalue weighted by molar-refractivity contribution is 9.11. The molecule has 4 rings (SSSR count). The van der Waals surface area contributed by atoms with Gasteiger partial charge in [0.15, 0.2) is 0 Å². The largest absolute Gasteiger partial charge is 0.478 e. The lowest BCUT2D eigenvalue weighted by molar-refractivity contribution is 0.0696. The average molecular weight is 517 g/mol. The van der Waals surface area contributed by atoms with Crippen LogP contribution in [0, 0.1) is 0 Å². The van der Waals surface area contributed by atoms with E-state index in [-0.39, 0.29) is 18.1 Å². The van der Waals surface area contributed by atoms with Crippen LogP contribution in [0.4, 0.5) is 10.5 Å². The molecule has 29 heavy (non-hydrogen) atoms. The van der Waals surface area contributed by atoms with E-state index in [0.717, 1.165) is 22.3 Å². The number of hydrogen-bond acceptors (Lipinski definition) is 3. The Hall–Kier alpha value is -2.64. The number of carbonyl (C=O) groups excluding carboxylic acids is 1. The van der Waals surface area contributed by atoms with Crippen LogP contribution in [0.5, 0.6) is 0 Å². The molecule has 2 N–H and O–H groups in total. The molecule has 0 aliphatic heterocycles. The standard InChI is InChI=1S/C22H15Br2NO4/c23-18-9-12(21(26)27)10-19(24)20(18)25-22(28)29-11-17-15-7-3-1-5-13(15)14-6-2-4-8-16(14)17/h1-10,17H,11H2,(H,25,28)(H,26,27). The van der Waals surface area contributed by atoms with Gasteiger partial charge in [-0.1, -0.05) is 48.5 Å². The molecular formula is C22H15Br2NO4. The van der Waals surface area contributed by atoms with Gasteiger partial charge in [0.25, 0.3) is 0 Å². The summed E-state index contributed by atoms with van der Waals surface area (Å²) in [5.74, 6) is -1.09. The number of carboxylic acid groups (broad SMARTS) is 1. The van der Waals surface area contributed by atoms with Gasteiger partial charge < -0.3 is 9.84 Å². The van der Waals surface area contributed by atoms with Crippen LogP contribution in [-0.4, -0.2) is 23.8 Å². The molecule has 0 fully saturated rings. The normalized spacial score (nSPS) is 12.2. The molecule has 0 radical (unpaired) electrons. The third kappa shape index (κ3) is 3.80. The molecule has 1 aliphatic rings. The predicted molar refractivity (Wildman–Crippen MR) is 117 cm³/mol. The number of anilines is 1. The fourth-order valence-electron chi connectivity index (χ4n) is 3.55. The third-order valence-corrected chi connectivity index (χ3v) is 6.11. The van der Waals surface area contributed by atoms with Crippen molar-refractivity contribution < 1.29 is 19.4 Å². The number of hydrogen-bond donors (Lipinski definition) is 2. The summed E-state index contributed by atoms with van der Waals surface area (Å²) in [5, 5.41) is 11.8. The van der Waals surface area contributed by atoms with E-state index in [9.17, 15) is 9.59 Å². The third-order valence-electron chi connectivity index (χ3n) is 4.86. The van der Waals surface area contributed by atoms with Crippen LogP contribution in [0.25, 0.3) is 11.1 Å². The van der Waals surface area contributed by atoms with Crippen LogP contribution in [-0.2, 0) is 4.74 Å². The minimum absolute atomic E-state index is 0.0329. The summed E-state index contributed by atoms with van der Waals surface area (Å²) in [6, 6.07) is 19.1. The van der Waals surface area contributed by atoms with E-state index in [2.05, 4.69) is 61.4 Å². The molecule has 0 aromatic heterocycles. The molecule has 0 spiro atoms. The molecule has 5 nitrogen and oxygen atoms in total. The van der Waals surface area contributed by atoms with Crippen LogP contribution in [0.3, 0.4) is 0 Å². The summed E-state index contributed by atoms with van der Waals surface area (Å²) >= 11 is 6.58. The lowest BCUT2D eigenvalue weighted by Gasteiger charge is -2.15. The number of carboxylic acids is 1. The number of amides is 1. The maximum Gasteiger partial charge on any atom is 0.411 e. The first-order chi connectivity index (χ1) is 14.0. The molecule has 0 heterocycles. The molecular weight excluding hydrogens is 502 g/mol. The summed E-state index contributed by atoms with van der Waals surface area (Å²) in [4.78, 5) is 23.6. The molecule has 0 saturated heterocycles. The van der Waals surface area contributed by atoms with Crippen molar-refractivity contribution in [1.29, 1.82) is 0 Å². The Morgan fingerprint density at radius 3 is 1.97 bits per heavy atom. The second kappa shape index (κ2) is 8.00. The lowest BCUT2D eigenvalue weighted by atomic mass is 9.98. The second-order valence-electron chi connectivity index (χ2n) is 6.57. The van der Waals surface area contributed by atoms with E-state index in [1.807, 2.05) is 24.3 Å². The van der Waals surface area contributed by atoms with Crippen molar-refractivity contribution >= 4 is 49.6 Å². The first-order valence-corrected chi connectivity index (χ1v) is 10.4. The number of benzene rings is 3. The molecule has 146 valence electrons. The molecule has 3 aromatic carbocycles. The van der Waals surface area contributed by atoms with Crippen LogP contribution in [0.1, 0.15) is 27.4 Å². The first kappa shape index (κ1) is 19.7. The van der Waals surface area contributed by atoms with E-state index >= 15 is 0 Å². The number of ether oxygens (including phenoxy) is 1. The highest BCUT2D eigenvalue weighted by Gasteiger charge is 2.29. The Bertz CT molecular complexity index is 1060. The summed E-state index contributed by atoms with van der Waals surface area (Å²) in [7, 11) is 0. The summed E-state index contributed by atoms with van der Waals surface area (Å²) in [6.07, 6.45) is -0.615. The smallest absolute Gasteiger partial charge is 0.411 e. The minimum atomic E-state index is -1.06. The topological polar surface area (TPSA) is 75.6 Å². The lowest BCUT2D eigenvalue weighted by Crippen LogP contribution is -2.18. The van der Waals surface area contributed by atoms with E-state index in [1.54, 1.807) is 0 Å². The molecule has 0 saturated carbocycles. The molecule has 0 unspecified atom stereocenters. The van der Waals surface area contributed by atoms with Gasteiger partial charge >= 0.3 is 12.1 Å². The molecule has 0 bridgehead atoms. The second-order valence-corrected chi connectivity index (χ2v) is 8.28. The molecule has 7 heteroatoms. The number of carbonyl (C=O) groups is 2. The number of rotatable bonds is 4. The SMILES string of the molecule is O=C(Nc1c(Br)cc(C(=O)O)cc1Br)OCC1c2ccccc2-c2ccccc21. The van der Waals surface area contributed by atoms with Crippen LogP contribution >= 0.6 is 31.9 Å². The number of fused-ring (bicyclic) bond motifs is 3. The van der Waals surface area contributed by atoms with Gasteiger partial charge in [0.05, 0.1) is 11.3 Å². The number of aromatic carboxylic acids is 1. The monoisotopic (exact) mass is 515 g/mol. The van der Waals surface area contributed by atoms with Crippen molar-refractivity contribution in [3.63, 3.8) is 0 Å².